The van der Waals surface area contributed by atoms with Gasteiger partial charge in [-0.2, -0.15) is 5.26 Å². The van der Waals surface area contributed by atoms with Gasteiger partial charge in [0.1, 0.15) is 0 Å². The Bertz CT molecular complexity index is 589. The number of halogens is 1. The highest BCUT2D eigenvalue weighted by atomic mass is 127. The lowest BCUT2D eigenvalue weighted by molar-refractivity contribution is 0.255. The van der Waals surface area contributed by atoms with Crippen LogP contribution in [0.5, 0.6) is 0 Å². The minimum absolute atomic E-state index is 0. The molecule has 0 aliphatic carbocycles. The van der Waals surface area contributed by atoms with Crippen molar-refractivity contribution in [1.82, 2.24) is 15.1 Å². The van der Waals surface area contributed by atoms with E-state index in [9.17, 15) is 0 Å². The molecule has 0 aromatic heterocycles. The molecule has 0 amide bonds. The fourth-order valence-corrected chi connectivity index (χ4v) is 3.30. The van der Waals surface area contributed by atoms with Gasteiger partial charge in [-0.3, -0.25) is 0 Å². The molecule has 1 saturated heterocycles. The lowest BCUT2D eigenvalue weighted by atomic mass is 10.1. The van der Waals surface area contributed by atoms with Gasteiger partial charge in [0.15, 0.2) is 5.96 Å². The number of hydrogen-bond acceptors (Lipinski definition) is 3. The Morgan fingerprint density at radius 1 is 1.27 bits per heavy atom. The van der Waals surface area contributed by atoms with Crippen molar-refractivity contribution in [3.8, 4) is 6.07 Å². The first-order valence-corrected chi connectivity index (χ1v) is 9.44. The predicted octanol–water partition coefficient (Wildman–Crippen LogP) is 3.31. The van der Waals surface area contributed by atoms with E-state index in [0.29, 0.717) is 12.1 Å². The molecule has 1 aliphatic heterocycles. The highest BCUT2D eigenvalue weighted by Gasteiger charge is 2.25. The molecule has 0 spiro atoms. The minimum atomic E-state index is 0. The van der Waals surface area contributed by atoms with Gasteiger partial charge >= 0.3 is 0 Å². The molecule has 1 atom stereocenters. The van der Waals surface area contributed by atoms with Gasteiger partial charge in [-0.25, -0.2) is 4.99 Å². The third-order valence-corrected chi connectivity index (χ3v) is 4.83. The molecular weight excluding hydrogens is 437 g/mol. The summed E-state index contributed by atoms with van der Waals surface area (Å²) in [5.41, 5.74) is 1.83. The van der Waals surface area contributed by atoms with Crippen LogP contribution in [0, 0.1) is 17.2 Å². The Labute approximate surface area is 175 Å². The number of likely N-dealkylation sites (tertiary alicyclic amines) is 1. The Morgan fingerprint density at radius 2 is 1.96 bits per heavy atom. The quantitative estimate of drug-likeness (QED) is 0.378. The lowest BCUT2D eigenvalue weighted by Gasteiger charge is -2.24. The summed E-state index contributed by atoms with van der Waals surface area (Å²) in [5, 5.41) is 12.3. The Hall–Kier alpha value is -1.33. The molecule has 2 rings (SSSR count). The molecule has 5 nitrogen and oxygen atoms in total. The summed E-state index contributed by atoms with van der Waals surface area (Å²) >= 11 is 0. The average Bonchev–Trinajstić information content (AvgIpc) is 3.12. The van der Waals surface area contributed by atoms with E-state index in [1.54, 1.807) is 0 Å². The van der Waals surface area contributed by atoms with Crippen molar-refractivity contribution in [1.29, 1.82) is 5.26 Å². The molecule has 6 heteroatoms. The van der Waals surface area contributed by atoms with E-state index in [1.807, 2.05) is 24.3 Å². The van der Waals surface area contributed by atoms with Gasteiger partial charge in [0.05, 0.1) is 18.2 Å². The Kier molecular flexibility index (Phi) is 10.6. The van der Waals surface area contributed by atoms with Gasteiger partial charge in [0.2, 0.25) is 0 Å². The van der Waals surface area contributed by atoms with Crippen molar-refractivity contribution in [2.24, 2.45) is 10.9 Å². The molecule has 144 valence electrons. The van der Waals surface area contributed by atoms with Gasteiger partial charge in [0.25, 0.3) is 0 Å². The number of aliphatic imine (C=N–C) groups is 1. The fraction of sp³-hybridized carbons (Fsp3) is 0.600. The molecule has 26 heavy (non-hydrogen) atoms. The van der Waals surface area contributed by atoms with E-state index < -0.39 is 0 Å². The van der Waals surface area contributed by atoms with Crippen LogP contribution in [0.4, 0.5) is 0 Å². The molecule has 1 aliphatic rings. The summed E-state index contributed by atoms with van der Waals surface area (Å²) in [6, 6.07) is 9.83. The van der Waals surface area contributed by atoms with Crippen LogP contribution in [0.2, 0.25) is 0 Å². The van der Waals surface area contributed by atoms with Crippen LogP contribution in [0.15, 0.2) is 29.3 Å². The zero-order chi connectivity index (χ0) is 18.1. The summed E-state index contributed by atoms with van der Waals surface area (Å²) in [4.78, 5) is 9.71. The molecule has 0 bridgehead atoms. The number of guanidine groups is 1. The molecular formula is C20H32IN5. The third-order valence-electron chi connectivity index (χ3n) is 4.83. The molecule has 0 radical (unpaired) electrons. The second-order valence-electron chi connectivity index (χ2n) is 6.57. The fourth-order valence-electron chi connectivity index (χ4n) is 3.30. The Balaban J connectivity index is 0.00000338. The summed E-state index contributed by atoms with van der Waals surface area (Å²) in [5.74, 6) is 1.73. The van der Waals surface area contributed by atoms with Gasteiger partial charge in [-0.1, -0.05) is 26.0 Å². The normalized spacial score (nSPS) is 17.1. The minimum Gasteiger partial charge on any atom is -0.357 e. The number of hydrogen-bond donors (Lipinski definition) is 1. The summed E-state index contributed by atoms with van der Waals surface area (Å²) < 4.78 is 0. The second-order valence-corrected chi connectivity index (χ2v) is 6.57. The van der Waals surface area contributed by atoms with E-state index in [2.05, 4.69) is 42.0 Å². The summed E-state index contributed by atoms with van der Waals surface area (Å²) in [6.45, 7) is 13.7. The monoisotopic (exact) mass is 469 g/mol. The number of nitriles is 1. The molecule has 1 N–H and O–H groups in total. The van der Waals surface area contributed by atoms with Crippen molar-refractivity contribution < 1.29 is 0 Å². The number of rotatable bonds is 7. The first-order chi connectivity index (χ1) is 12.2. The first-order valence-electron chi connectivity index (χ1n) is 9.44. The van der Waals surface area contributed by atoms with Crippen LogP contribution >= 0.6 is 24.0 Å². The average molecular weight is 469 g/mol. The SMILES string of the molecule is CCNC(=NCc1ccc(C#N)cc1)N1CCC(CN(CC)CC)C1.I. The smallest absolute Gasteiger partial charge is 0.194 e. The molecule has 1 aromatic rings. The lowest BCUT2D eigenvalue weighted by Crippen LogP contribution is -2.40. The third kappa shape index (κ3) is 6.76. The van der Waals surface area contributed by atoms with Crippen molar-refractivity contribution in [2.75, 3.05) is 39.3 Å². The van der Waals surface area contributed by atoms with Crippen LogP contribution in [-0.4, -0.2) is 55.0 Å². The van der Waals surface area contributed by atoms with Crippen LogP contribution in [0.25, 0.3) is 0 Å². The molecule has 1 heterocycles. The van der Waals surface area contributed by atoms with Crippen molar-refractivity contribution in [2.45, 2.75) is 33.7 Å². The van der Waals surface area contributed by atoms with Gasteiger partial charge in [0, 0.05) is 26.2 Å². The molecule has 1 aromatic carbocycles. The van der Waals surface area contributed by atoms with E-state index in [0.717, 1.165) is 50.2 Å². The van der Waals surface area contributed by atoms with E-state index in [-0.39, 0.29) is 24.0 Å². The maximum atomic E-state index is 8.89. The molecule has 0 saturated carbocycles. The van der Waals surface area contributed by atoms with Gasteiger partial charge in [-0.05, 0) is 50.0 Å². The summed E-state index contributed by atoms with van der Waals surface area (Å²) in [7, 11) is 0. The van der Waals surface area contributed by atoms with Gasteiger partial charge in [-0.15, -0.1) is 24.0 Å². The maximum absolute atomic E-state index is 8.89. The van der Waals surface area contributed by atoms with E-state index >= 15 is 0 Å². The number of nitrogens with zero attached hydrogens (tertiary/aromatic N) is 4. The van der Waals surface area contributed by atoms with Crippen molar-refractivity contribution >= 4 is 29.9 Å². The zero-order valence-electron chi connectivity index (χ0n) is 16.2. The topological polar surface area (TPSA) is 54.7 Å². The highest BCUT2D eigenvalue weighted by Crippen LogP contribution is 2.18. The van der Waals surface area contributed by atoms with Gasteiger partial charge < -0.3 is 15.1 Å². The number of benzene rings is 1. The van der Waals surface area contributed by atoms with E-state index in [4.69, 9.17) is 10.3 Å². The van der Waals surface area contributed by atoms with Crippen LogP contribution < -0.4 is 5.32 Å². The number of nitrogens with one attached hydrogen (secondary N) is 1. The molecule has 1 unspecified atom stereocenters. The van der Waals surface area contributed by atoms with Crippen LogP contribution in [-0.2, 0) is 6.54 Å². The van der Waals surface area contributed by atoms with Crippen LogP contribution in [0.1, 0.15) is 38.3 Å². The first kappa shape index (κ1) is 22.7. The summed E-state index contributed by atoms with van der Waals surface area (Å²) in [6.07, 6.45) is 1.23. The zero-order valence-corrected chi connectivity index (χ0v) is 18.6. The van der Waals surface area contributed by atoms with Crippen molar-refractivity contribution in [3.63, 3.8) is 0 Å². The molecule has 1 fully saturated rings. The van der Waals surface area contributed by atoms with Crippen molar-refractivity contribution in [3.05, 3.63) is 35.4 Å². The Morgan fingerprint density at radius 3 is 2.54 bits per heavy atom. The van der Waals surface area contributed by atoms with Crippen LogP contribution in [0.3, 0.4) is 0 Å². The highest BCUT2D eigenvalue weighted by molar-refractivity contribution is 14.0. The maximum Gasteiger partial charge on any atom is 0.194 e. The second kappa shape index (κ2) is 12.1. The largest absolute Gasteiger partial charge is 0.357 e. The van der Waals surface area contributed by atoms with E-state index in [1.165, 1.54) is 13.0 Å². The standard InChI is InChI=1S/C20H31N5.HI/c1-4-22-20(23-14-18-9-7-17(13-21)8-10-18)25-12-11-19(16-25)15-24(5-2)6-3;/h7-10,19H,4-6,11-12,14-16H2,1-3H3,(H,22,23);1H. The predicted molar refractivity (Wildman–Crippen MR) is 119 cm³/mol.